The van der Waals surface area contributed by atoms with Crippen LogP contribution in [0.1, 0.15) is 32.1 Å². The van der Waals surface area contributed by atoms with Crippen molar-refractivity contribution in [1.29, 1.82) is 0 Å². The van der Waals surface area contributed by atoms with Crippen molar-refractivity contribution in [1.82, 2.24) is 9.97 Å². The first-order chi connectivity index (χ1) is 7.36. The average molecular weight is 205 g/mol. The Hall–Kier alpha value is -1.45. The van der Waals surface area contributed by atoms with Gasteiger partial charge in [-0.05, 0) is 12.8 Å². The van der Waals surface area contributed by atoms with E-state index in [9.17, 15) is 4.79 Å². The molecule has 4 nitrogen and oxygen atoms in total. The second-order valence-corrected chi connectivity index (χ2v) is 3.91. The molecule has 1 aliphatic carbocycles. The second kappa shape index (κ2) is 4.87. The minimum atomic E-state index is 0.0928. The van der Waals surface area contributed by atoms with Crippen molar-refractivity contribution in [3.63, 3.8) is 0 Å². The van der Waals surface area contributed by atoms with Crippen LogP contribution in [0.2, 0.25) is 0 Å². The third kappa shape index (κ3) is 2.75. The SMILES string of the molecule is O=C(Nc1cnccn1)C1CCCCC1. The van der Waals surface area contributed by atoms with Gasteiger partial charge in [0, 0.05) is 18.3 Å². The number of hydrogen-bond donors (Lipinski definition) is 1. The number of nitrogens with one attached hydrogen (secondary N) is 1. The normalized spacial score (nSPS) is 17.3. The van der Waals surface area contributed by atoms with Gasteiger partial charge in [-0.2, -0.15) is 0 Å². The van der Waals surface area contributed by atoms with Crippen LogP contribution in [-0.2, 0) is 4.79 Å². The number of carbonyl (C=O) groups is 1. The van der Waals surface area contributed by atoms with Gasteiger partial charge < -0.3 is 5.32 Å². The lowest BCUT2D eigenvalue weighted by atomic mass is 9.89. The number of nitrogens with zero attached hydrogens (tertiary/aromatic N) is 2. The van der Waals surface area contributed by atoms with Crippen molar-refractivity contribution in [2.75, 3.05) is 5.32 Å². The van der Waals surface area contributed by atoms with Crippen LogP contribution in [-0.4, -0.2) is 15.9 Å². The van der Waals surface area contributed by atoms with Gasteiger partial charge in [-0.25, -0.2) is 4.98 Å². The maximum absolute atomic E-state index is 11.8. The summed E-state index contributed by atoms with van der Waals surface area (Å²) in [5.41, 5.74) is 0. The molecule has 0 unspecified atom stereocenters. The molecule has 1 amide bonds. The van der Waals surface area contributed by atoms with Crippen LogP contribution in [0.5, 0.6) is 0 Å². The largest absolute Gasteiger partial charge is 0.309 e. The molecule has 0 atom stereocenters. The third-order valence-electron chi connectivity index (χ3n) is 2.79. The van der Waals surface area contributed by atoms with Crippen LogP contribution < -0.4 is 5.32 Å². The van der Waals surface area contributed by atoms with Crippen molar-refractivity contribution < 1.29 is 4.79 Å². The van der Waals surface area contributed by atoms with Gasteiger partial charge in [0.15, 0.2) is 5.82 Å². The summed E-state index contributed by atoms with van der Waals surface area (Å²) < 4.78 is 0. The summed E-state index contributed by atoms with van der Waals surface area (Å²) in [5, 5.41) is 2.80. The maximum Gasteiger partial charge on any atom is 0.228 e. The molecule has 1 fully saturated rings. The number of carbonyl (C=O) groups excluding carboxylic acids is 1. The zero-order valence-corrected chi connectivity index (χ0v) is 8.65. The molecule has 15 heavy (non-hydrogen) atoms. The highest BCUT2D eigenvalue weighted by molar-refractivity contribution is 5.91. The molecule has 4 heteroatoms. The van der Waals surface area contributed by atoms with Gasteiger partial charge in [-0.15, -0.1) is 0 Å². The van der Waals surface area contributed by atoms with Gasteiger partial charge in [0.2, 0.25) is 5.91 Å². The zero-order valence-electron chi connectivity index (χ0n) is 8.65. The van der Waals surface area contributed by atoms with Crippen molar-refractivity contribution in [2.45, 2.75) is 32.1 Å². The van der Waals surface area contributed by atoms with Gasteiger partial charge in [0.1, 0.15) is 0 Å². The number of rotatable bonds is 2. The van der Waals surface area contributed by atoms with Gasteiger partial charge in [-0.1, -0.05) is 19.3 Å². The fourth-order valence-electron chi connectivity index (χ4n) is 1.96. The average Bonchev–Trinajstić information content (AvgIpc) is 2.31. The van der Waals surface area contributed by atoms with Crippen molar-refractivity contribution in [3.05, 3.63) is 18.6 Å². The summed E-state index contributed by atoms with van der Waals surface area (Å²) in [5.74, 6) is 0.809. The number of aromatic nitrogens is 2. The number of anilines is 1. The summed E-state index contributed by atoms with van der Waals surface area (Å²) in [6.45, 7) is 0. The van der Waals surface area contributed by atoms with Crippen molar-refractivity contribution in [2.24, 2.45) is 5.92 Å². The van der Waals surface area contributed by atoms with E-state index in [1.54, 1.807) is 18.6 Å². The van der Waals surface area contributed by atoms with Gasteiger partial charge in [0.25, 0.3) is 0 Å². The molecule has 0 bridgehead atoms. The maximum atomic E-state index is 11.8. The smallest absolute Gasteiger partial charge is 0.228 e. The van der Waals surface area contributed by atoms with E-state index >= 15 is 0 Å². The zero-order chi connectivity index (χ0) is 10.5. The summed E-state index contributed by atoms with van der Waals surface area (Å²) in [4.78, 5) is 19.7. The first kappa shape index (κ1) is 10.1. The quantitative estimate of drug-likeness (QED) is 0.803. The molecule has 0 radical (unpaired) electrons. The Morgan fingerprint density at radius 1 is 1.27 bits per heavy atom. The van der Waals surface area contributed by atoms with Crippen LogP contribution in [0.25, 0.3) is 0 Å². The summed E-state index contributed by atoms with van der Waals surface area (Å²) >= 11 is 0. The lowest BCUT2D eigenvalue weighted by Crippen LogP contribution is -2.25. The number of amides is 1. The lowest BCUT2D eigenvalue weighted by Gasteiger charge is -2.20. The highest BCUT2D eigenvalue weighted by atomic mass is 16.1. The van der Waals surface area contributed by atoms with Gasteiger partial charge in [-0.3, -0.25) is 9.78 Å². The predicted octanol–water partition coefficient (Wildman–Crippen LogP) is 2.00. The molecule has 0 spiro atoms. The van der Waals surface area contributed by atoms with Gasteiger partial charge >= 0.3 is 0 Å². The second-order valence-electron chi connectivity index (χ2n) is 3.91. The lowest BCUT2D eigenvalue weighted by molar-refractivity contribution is -0.120. The molecular formula is C11H15N3O. The first-order valence-electron chi connectivity index (χ1n) is 5.43. The molecule has 1 aromatic rings. The Morgan fingerprint density at radius 3 is 2.73 bits per heavy atom. The molecular weight excluding hydrogens is 190 g/mol. The standard InChI is InChI=1S/C11H15N3O/c15-11(9-4-2-1-3-5-9)14-10-8-12-6-7-13-10/h6-9H,1-5H2,(H,13,14,15). The van der Waals surface area contributed by atoms with Crippen LogP contribution in [0, 0.1) is 5.92 Å². The first-order valence-corrected chi connectivity index (χ1v) is 5.43. The van der Waals surface area contributed by atoms with E-state index in [0.29, 0.717) is 5.82 Å². The highest BCUT2D eigenvalue weighted by Gasteiger charge is 2.21. The summed E-state index contributed by atoms with van der Waals surface area (Å²) in [6, 6.07) is 0. The Kier molecular flexibility index (Phi) is 3.27. The summed E-state index contributed by atoms with van der Waals surface area (Å²) in [6.07, 6.45) is 10.3. The van der Waals surface area contributed by atoms with Crippen LogP contribution in [0.15, 0.2) is 18.6 Å². The summed E-state index contributed by atoms with van der Waals surface area (Å²) in [7, 11) is 0. The van der Waals surface area contributed by atoms with Crippen molar-refractivity contribution in [3.8, 4) is 0 Å². The third-order valence-corrected chi connectivity index (χ3v) is 2.79. The van der Waals surface area contributed by atoms with Crippen LogP contribution in [0.3, 0.4) is 0 Å². The molecule has 1 saturated carbocycles. The highest BCUT2D eigenvalue weighted by Crippen LogP contribution is 2.24. The van der Waals surface area contributed by atoms with E-state index in [4.69, 9.17) is 0 Å². The van der Waals surface area contributed by atoms with Crippen LogP contribution >= 0.6 is 0 Å². The van der Waals surface area contributed by atoms with E-state index in [1.165, 1.54) is 19.3 Å². The van der Waals surface area contributed by atoms with E-state index in [2.05, 4.69) is 15.3 Å². The van der Waals surface area contributed by atoms with E-state index < -0.39 is 0 Å². The minimum Gasteiger partial charge on any atom is -0.309 e. The molecule has 0 aliphatic heterocycles. The Bertz CT molecular complexity index is 320. The molecule has 2 rings (SSSR count). The monoisotopic (exact) mass is 205 g/mol. The fraction of sp³-hybridized carbons (Fsp3) is 0.545. The molecule has 80 valence electrons. The van der Waals surface area contributed by atoms with E-state index in [0.717, 1.165) is 12.8 Å². The topological polar surface area (TPSA) is 54.9 Å². The Morgan fingerprint density at radius 2 is 2.07 bits per heavy atom. The molecule has 1 aromatic heterocycles. The molecule has 1 N–H and O–H groups in total. The molecule has 0 aromatic carbocycles. The molecule has 0 saturated heterocycles. The molecule has 1 aliphatic rings. The van der Waals surface area contributed by atoms with Crippen molar-refractivity contribution >= 4 is 11.7 Å². The number of hydrogen-bond acceptors (Lipinski definition) is 3. The minimum absolute atomic E-state index is 0.0928. The van der Waals surface area contributed by atoms with Crippen LogP contribution in [0.4, 0.5) is 5.82 Å². The molecule has 1 heterocycles. The van der Waals surface area contributed by atoms with E-state index in [1.807, 2.05) is 0 Å². The Labute approximate surface area is 89.1 Å². The fourth-order valence-corrected chi connectivity index (χ4v) is 1.96. The Balaban J connectivity index is 1.91. The van der Waals surface area contributed by atoms with E-state index in [-0.39, 0.29) is 11.8 Å². The predicted molar refractivity (Wildman–Crippen MR) is 57.2 cm³/mol. The van der Waals surface area contributed by atoms with Gasteiger partial charge in [0.05, 0.1) is 6.20 Å².